The first-order valence-corrected chi connectivity index (χ1v) is 7.02. The number of nitrogens with zero attached hydrogens (tertiary/aromatic N) is 2. The second-order valence-electron chi connectivity index (χ2n) is 4.78. The maximum Gasteiger partial charge on any atom is 0.307 e. The van der Waals surface area contributed by atoms with E-state index in [2.05, 4.69) is 16.1 Å². The van der Waals surface area contributed by atoms with Crippen LogP contribution in [0.4, 0.5) is 0 Å². The summed E-state index contributed by atoms with van der Waals surface area (Å²) in [6.07, 6.45) is 2.61. The summed E-state index contributed by atoms with van der Waals surface area (Å²) in [5, 5.41) is 17.3. The summed E-state index contributed by atoms with van der Waals surface area (Å²) in [7, 11) is 0. The number of carboxylic acid groups (broad SMARTS) is 2. The zero-order chi connectivity index (χ0) is 15.7. The third-order valence-corrected chi connectivity index (χ3v) is 3.26. The van der Waals surface area contributed by atoms with E-state index in [1.807, 2.05) is 0 Å². The Morgan fingerprint density at radius 3 is 2.55 bits per heavy atom. The molecule has 0 radical (unpaired) electrons. The van der Waals surface area contributed by atoms with Crippen LogP contribution in [0.15, 0.2) is 12.7 Å². The van der Waals surface area contributed by atoms with Crippen molar-refractivity contribution in [3.8, 4) is 0 Å². The van der Waals surface area contributed by atoms with E-state index >= 15 is 0 Å². The van der Waals surface area contributed by atoms with Crippen LogP contribution in [0.3, 0.4) is 0 Å². The molecule has 8 nitrogen and oxygen atoms in total. The van der Waals surface area contributed by atoms with E-state index in [0.717, 1.165) is 18.9 Å². The molecule has 1 aliphatic heterocycles. The normalized spacial score (nSPS) is 13.9. The van der Waals surface area contributed by atoms with Gasteiger partial charge >= 0.3 is 11.9 Å². The summed E-state index contributed by atoms with van der Waals surface area (Å²) >= 11 is 0. The molecule has 0 aromatic heterocycles. The molecule has 0 aromatic carbocycles. The van der Waals surface area contributed by atoms with Gasteiger partial charge in [0.2, 0.25) is 0 Å². The van der Waals surface area contributed by atoms with E-state index in [-0.39, 0.29) is 24.9 Å². The Kier molecular flexibility index (Phi) is 9.80. The second-order valence-corrected chi connectivity index (χ2v) is 4.78. The van der Waals surface area contributed by atoms with Gasteiger partial charge in [-0.3, -0.25) is 19.1 Å². The summed E-state index contributed by atoms with van der Waals surface area (Å²) in [5.41, 5.74) is 0. The molecule has 0 saturated heterocycles. The van der Waals surface area contributed by atoms with Crippen molar-refractivity contribution < 1.29 is 34.6 Å². The molecule has 1 heterocycles. The van der Waals surface area contributed by atoms with Crippen molar-refractivity contribution in [1.82, 2.24) is 4.90 Å². The standard InChI is InChI=1S/C14H22N2O5.H2O/c1-2-3-12-15(6-4-13(17)18)7-8-16(12)9-11-21-10-5-14(19)20;/h2H,1,3-11H2,(H-,17,18,19,20);1H2. The van der Waals surface area contributed by atoms with Crippen LogP contribution in [0.25, 0.3) is 0 Å². The highest BCUT2D eigenvalue weighted by Gasteiger charge is 2.28. The maximum absolute atomic E-state index is 10.7. The highest BCUT2D eigenvalue weighted by molar-refractivity contribution is 5.80. The van der Waals surface area contributed by atoms with Gasteiger partial charge in [0.1, 0.15) is 19.6 Å². The molecular formula is C14H24N2O6. The van der Waals surface area contributed by atoms with Crippen LogP contribution in [0.5, 0.6) is 0 Å². The first-order chi connectivity index (χ1) is 10.0. The average Bonchev–Trinajstić information content (AvgIpc) is 2.79. The zero-order valence-corrected chi connectivity index (χ0v) is 12.6. The fourth-order valence-corrected chi connectivity index (χ4v) is 2.24. The molecule has 0 saturated carbocycles. The van der Waals surface area contributed by atoms with Crippen molar-refractivity contribution >= 4 is 17.8 Å². The Labute approximate surface area is 129 Å². The fraction of sp³-hybridized carbons (Fsp3) is 0.643. The summed E-state index contributed by atoms with van der Waals surface area (Å²) in [4.78, 5) is 23.2. The lowest BCUT2D eigenvalue weighted by molar-refractivity contribution is -0.518. The molecule has 0 aliphatic carbocycles. The molecule has 0 bridgehead atoms. The molecule has 126 valence electrons. The number of ether oxygens (including phenoxy) is 1. The minimum absolute atomic E-state index is 0. The predicted octanol–water partition coefficient (Wildman–Crippen LogP) is 0.0783. The van der Waals surface area contributed by atoms with E-state index in [1.54, 1.807) is 6.08 Å². The van der Waals surface area contributed by atoms with Crippen LogP contribution in [0.1, 0.15) is 19.3 Å². The van der Waals surface area contributed by atoms with Crippen molar-refractivity contribution in [2.24, 2.45) is 0 Å². The van der Waals surface area contributed by atoms with E-state index in [0.29, 0.717) is 26.1 Å². The Bertz CT molecular complexity index is 422. The first kappa shape index (κ1) is 20.1. The van der Waals surface area contributed by atoms with Crippen LogP contribution < -0.4 is 0 Å². The summed E-state index contributed by atoms with van der Waals surface area (Å²) in [6, 6.07) is 0. The Balaban J connectivity index is 0.00000441. The molecule has 22 heavy (non-hydrogen) atoms. The summed E-state index contributed by atoms with van der Waals surface area (Å²) < 4.78 is 7.35. The fourth-order valence-electron chi connectivity index (χ4n) is 2.24. The Hall–Kier alpha value is -1.93. The van der Waals surface area contributed by atoms with Gasteiger partial charge in [-0.1, -0.05) is 6.08 Å². The number of amidine groups is 1. The Morgan fingerprint density at radius 2 is 1.95 bits per heavy atom. The maximum atomic E-state index is 10.7. The predicted molar refractivity (Wildman–Crippen MR) is 78.6 cm³/mol. The SMILES string of the molecule is C=CCC1=[N+](CCC(=O)O)CCN1CCOCCC(=O)O.[OH-]. The van der Waals surface area contributed by atoms with E-state index in [1.165, 1.54) is 0 Å². The Morgan fingerprint density at radius 1 is 1.27 bits per heavy atom. The molecular weight excluding hydrogens is 292 g/mol. The van der Waals surface area contributed by atoms with Gasteiger partial charge in [0.15, 0.2) is 0 Å². The molecule has 0 spiro atoms. The van der Waals surface area contributed by atoms with Gasteiger partial charge in [0.25, 0.3) is 5.84 Å². The van der Waals surface area contributed by atoms with Crippen LogP contribution in [0, 0.1) is 0 Å². The molecule has 0 aromatic rings. The lowest BCUT2D eigenvalue weighted by Crippen LogP contribution is -2.32. The number of aliphatic carboxylic acids is 2. The van der Waals surface area contributed by atoms with Crippen molar-refractivity contribution in [2.45, 2.75) is 19.3 Å². The number of hydrogen-bond donors (Lipinski definition) is 2. The van der Waals surface area contributed by atoms with Crippen LogP contribution in [-0.4, -0.2) is 82.3 Å². The smallest absolute Gasteiger partial charge is 0.307 e. The van der Waals surface area contributed by atoms with Crippen LogP contribution in [-0.2, 0) is 14.3 Å². The topological polar surface area (TPSA) is 120 Å². The van der Waals surface area contributed by atoms with Crippen molar-refractivity contribution in [3.63, 3.8) is 0 Å². The minimum atomic E-state index is -0.866. The van der Waals surface area contributed by atoms with Gasteiger partial charge in [-0.15, -0.1) is 6.58 Å². The molecule has 1 rings (SSSR count). The minimum Gasteiger partial charge on any atom is -0.870 e. The van der Waals surface area contributed by atoms with E-state index < -0.39 is 11.9 Å². The van der Waals surface area contributed by atoms with Crippen LogP contribution >= 0.6 is 0 Å². The number of hydrogen-bond acceptors (Lipinski definition) is 5. The van der Waals surface area contributed by atoms with Crippen molar-refractivity contribution in [3.05, 3.63) is 12.7 Å². The molecule has 0 fully saturated rings. The zero-order valence-electron chi connectivity index (χ0n) is 12.6. The molecule has 8 heteroatoms. The van der Waals surface area contributed by atoms with E-state index in [9.17, 15) is 9.59 Å². The van der Waals surface area contributed by atoms with Gasteiger partial charge in [0.05, 0.1) is 39.0 Å². The third-order valence-electron chi connectivity index (χ3n) is 3.26. The lowest BCUT2D eigenvalue weighted by Gasteiger charge is -2.12. The van der Waals surface area contributed by atoms with Gasteiger partial charge in [0, 0.05) is 0 Å². The quantitative estimate of drug-likeness (QED) is 0.314. The molecule has 1 aliphatic rings. The largest absolute Gasteiger partial charge is 0.870 e. The average molecular weight is 316 g/mol. The van der Waals surface area contributed by atoms with Gasteiger partial charge < -0.3 is 20.4 Å². The molecule has 0 atom stereocenters. The number of carboxylic acids is 2. The van der Waals surface area contributed by atoms with Gasteiger partial charge in [-0.05, 0) is 0 Å². The van der Waals surface area contributed by atoms with Crippen molar-refractivity contribution in [1.29, 1.82) is 0 Å². The van der Waals surface area contributed by atoms with Crippen molar-refractivity contribution in [2.75, 3.05) is 39.4 Å². The highest BCUT2D eigenvalue weighted by Crippen LogP contribution is 2.06. The third kappa shape index (κ3) is 7.19. The number of rotatable bonds is 11. The second kappa shape index (κ2) is 10.7. The molecule has 0 amide bonds. The van der Waals surface area contributed by atoms with Crippen LogP contribution in [0.2, 0.25) is 0 Å². The van der Waals surface area contributed by atoms with Gasteiger partial charge in [-0.2, -0.15) is 0 Å². The number of carbonyl (C=O) groups is 2. The molecule has 0 unspecified atom stereocenters. The summed E-state index contributed by atoms with van der Waals surface area (Å²) in [6.45, 7) is 7.19. The first-order valence-electron chi connectivity index (χ1n) is 7.02. The van der Waals surface area contributed by atoms with E-state index in [4.69, 9.17) is 14.9 Å². The highest BCUT2D eigenvalue weighted by atomic mass is 16.5. The van der Waals surface area contributed by atoms with Gasteiger partial charge in [-0.25, -0.2) is 0 Å². The lowest BCUT2D eigenvalue weighted by atomic mass is 10.3. The summed E-state index contributed by atoms with van der Waals surface area (Å²) in [5.74, 6) is -0.605. The monoisotopic (exact) mass is 316 g/mol. The molecule has 3 N–H and O–H groups in total.